The molecule has 90 valence electrons. The van der Waals surface area contributed by atoms with Crippen molar-refractivity contribution in [2.75, 3.05) is 26.4 Å². The molecule has 1 N–H and O–H groups in total. The molecule has 0 unspecified atom stereocenters. The molecule has 0 aromatic heterocycles. The van der Waals surface area contributed by atoms with E-state index in [2.05, 4.69) is 5.32 Å². The van der Waals surface area contributed by atoms with Gasteiger partial charge in [-0.15, -0.1) is 0 Å². The summed E-state index contributed by atoms with van der Waals surface area (Å²) in [6.45, 7) is 0.660. The van der Waals surface area contributed by atoms with Crippen molar-refractivity contribution in [3.05, 3.63) is 30.3 Å². The number of rotatable bonds is 7. The summed E-state index contributed by atoms with van der Waals surface area (Å²) in [5.74, 6) is 0.469. The highest BCUT2D eigenvalue weighted by Gasteiger charge is 1.99. The Hall–Kier alpha value is -2.06. The number of carbonyl (C=O) groups excluding carboxylic acids is 1. The Morgan fingerprint density at radius 1 is 1.29 bits per heavy atom. The van der Waals surface area contributed by atoms with E-state index < -0.39 is 0 Å². The number of hydrogen-bond acceptors (Lipinski definition) is 4. The first kappa shape index (κ1) is 13.0. The summed E-state index contributed by atoms with van der Waals surface area (Å²) in [5.41, 5.74) is 0. The Balaban J connectivity index is 2.02. The Morgan fingerprint density at radius 2 is 2.06 bits per heavy atom. The van der Waals surface area contributed by atoms with Gasteiger partial charge in [0.1, 0.15) is 25.5 Å². The lowest BCUT2D eigenvalue weighted by Gasteiger charge is -2.06. The fraction of sp³-hybridized carbons (Fsp3) is 0.333. The highest BCUT2D eigenvalue weighted by Crippen LogP contribution is 2.07. The maximum absolute atomic E-state index is 11.0. The van der Waals surface area contributed by atoms with E-state index in [9.17, 15) is 4.79 Å². The van der Waals surface area contributed by atoms with Crippen LogP contribution in [0.15, 0.2) is 30.3 Å². The zero-order chi connectivity index (χ0) is 12.3. The monoisotopic (exact) mass is 234 g/mol. The van der Waals surface area contributed by atoms with E-state index >= 15 is 0 Å². The third-order valence-electron chi connectivity index (χ3n) is 1.84. The Morgan fingerprint density at radius 3 is 2.76 bits per heavy atom. The van der Waals surface area contributed by atoms with Gasteiger partial charge in [-0.3, -0.25) is 4.79 Å². The highest BCUT2D eigenvalue weighted by molar-refractivity contribution is 5.77. The lowest BCUT2D eigenvalue weighted by molar-refractivity contribution is -0.125. The minimum absolute atomic E-state index is 0.00269. The maximum Gasteiger partial charge on any atom is 0.246 e. The molecule has 0 radical (unpaired) electrons. The van der Waals surface area contributed by atoms with Gasteiger partial charge in [-0.2, -0.15) is 5.26 Å². The van der Waals surface area contributed by atoms with E-state index in [1.165, 1.54) is 0 Å². The standard InChI is InChI=1S/C12H14N2O3/c13-6-7-14-12(15)10-16-8-9-17-11-4-2-1-3-5-11/h1-5H,7-10H2,(H,14,15). The summed E-state index contributed by atoms with van der Waals surface area (Å²) >= 11 is 0. The number of nitriles is 1. The molecule has 1 aromatic rings. The molecule has 5 heteroatoms. The molecule has 1 rings (SSSR count). The SMILES string of the molecule is N#CCNC(=O)COCCOc1ccccc1. The summed E-state index contributed by atoms with van der Waals surface area (Å²) in [6.07, 6.45) is 0. The summed E-state index contributed by atoms with van der Waals surface area (Å²) in [6, 6.07) is 11.2. The number of amides is 1. The molecule has 17 heavy (non-hydrogen) atoms. The second-order valence-electron chi connectivity index (χ2n) is 3.15. The molecule has 0 aliphatic carbocycles. The highest BCUT2D eigenvalue weighted by atomic mass is 16.5. The van der Waals surface area contributed by atoms with Gasteiger partial charge in [0, 0.05) is 0 Å². The molecule has 0 saturated heterocycles. The van der Waals surface area contributed by atoms with Crippen molar-refractivity contribution in [1.29, 1.82) is 5.26 Å². The predicted octanol–water partition coefficient (Wildman–Crippen LogP) is 0.722. The third kappa shape index (κ3) is 6.17. The summed E-state index contributed by atoms with van der Waals surface area (Å²) in [7, 11) is 0. The lowest BCUT2D eigenvalue weighted by Crippen LogP contribution is -2.28. The molecule has 0 heterocycles. The van der Waals surface area contributed by atoms with E-state index in [1.54, 1.807) is 0 Å². The zero-order valence-electron chi connectivity index (χ0n) is 9.39. The Bertz CT molecular complexity index is 373. The second kappa shape index (κ2) is 8.13. The summed E-state index contributed by atoms with van der Waals surface area (Å²) < 4.78 is 10.4. The van der Waals surface area contributed by atoms with Crippen LogP contribution in [-0.4, -0.2) is 32.3 Å². The van der Waals surface area contributed by atoms with E-state index in [0.29, 0.717) is 13.2 Å². The minimum Gasteiger partial charge on any atom is -0.491 e. The van der Waals surface area contributed by atoms with Crippen molar-refractivity contribution in [3.8, 4) is 11.8 Å². The molecule has 0 atom stereocenters. The van der Waals surface area contributed by atoms with Crippen molar-refractivity contribution < 1.29 is 14.3 Å². The molecule has 1 amide bonds. The molecular weight excluding hydrogens is 220 g/mol. The van der Waals surface area contributed by atoms with Crippen LogP contribution in [0.1, 0.15) is 0 Å². The smallest absolute Gasteiger partial charge is 0.246 e. The van der Waals surface area contributed by atoms with Crippen LogP contribution in [0.25, 0.3) is 0 Å². The van der Waals surface area contributed by atoms with E-state index in [1.807, 2.05) is 36.4 Å². The van der Waals surface area contributed by atoms with Crippen LogP contribution in [-0.2, 0) is 9.53 Å². The van der Waals surface area contributed by atoms with Crippen molar-refractivity contribution in [2.45, 2.75) is 0 Å². The fourth-order valence-corrected chi connectivity index (χ4v) is 1.09. The predicted molar refractivity (Wildman–Crippen MR) is 61.4 cm³/mol. The van der Waals surface area contributed by atoms with Crippen LogP contribution in [0.4, 0.5) is 0 Å². The molecule has 1 aromatic carbocycles. The van der Waals surface area contributed by atoms with Gasteiger partial charge in [0.25, 0.3) is 0 Å². The lowest BCUT2D eigenvalue weighted by atomic mass is 10.3. The first-order valence-corrected chi connectivity index (χ1v) is 5.22. The van der Waals surface area contributed by atoms with Gasteiger partial charge < -0.3 is 14.8 Å². The Labute approximate surface area is 100.0 Å². The topological polar surface area (TPSA) is 71.4 Å². The van der Waals surface area contributed by atoms with Crippen LogP contribution >= 0.6 is 0 Å². The number of para-hydroxylation sites is 1. The first-order valence-electron chi connectivity index (χ1n) is 5.22. The molecule has 0 aliphatic rings. The van der Waals surface area contributed by atoms with E-state index in [-0.39, 0.29) is 19.1 Å². The van der Waals surface area contributed by atoms with Crippen LogP contribution in [0.3, 0.4) is 0 Å². The van der Waals surface area contributed by atoms with Gasteiger partial charge in [0.15, 0.2) is 0 Å². The van der Waals surface area contributed by atoms with Gasteiger partial charge in [0.05, 0.1) is 12.7 Å². The van der Waals surface area contributed by atoms with Crippen molar-refractivity contribution in [3.63, 3.8) is 0 Å². The zero-order valence-corrected chi connectivity index (χ0v) is 9.39. The number of ether oxygens (including phenoxy) is 2. The van der Waals surface area contributed by atoms with Gasteiger partial charge in [-0.1, -0.05) is 18.2 Å². The molecule has 0 fully saturated rings. The van der Waals surface area contributed by atoms with Gasteiger partial charge in [-0.05, 0) is 12.1 Å². The average Bonchev–Trinajstić information content (AvgIpc) is 2.37. The maximum atomic E-state index is 11.0. The normalized spacial score (nSPS) is 9.35. The number of nitrogens with zero attached hydrogens (tertiary/aromatic N) is 1. The minimum atomic E-state index is -0.300. The van der Waals surface area contributed by atoms with Crippen molar-refractivity contribution in [1.82, 2.24) is 5.32 Å². The number of carbonyl (C=O) groups is 1. The van der Waals surface area contributed by atoms with Gasteiger partial charge in [0.2, 0.25) is 5.91 Å². The van der Waals surface area contributed by atoms with Crippen LogP contribution in [0.5, 0.6) is 5.75 Å². The van der Waals surface area contributed by atoms with Gasteiger partial charge in [-0.25, -0.2) is 0 Å². The average molecular weight is 234 g/mol. The number of nitrogens with one attached hydrogen (secondary N) is 1. The van der Waals surface area contributed by atoms with Gasteiger partial charge >= 0.3 is 0 Å². The van der Waals surface area contributed by atoms with Crippen LogP contribution < -0.4 is 10.1 Å². The fourth-order valence-electron chi connectivity index (χ4n) is 1.09. The third-order valence-corrected chi connectivity index (χ3v) is 1.84. The second-order valence-corrected chi connectivity index (χ2v) is 3.15. The number of hydrogen-bond donors (Lipinski definition) is 1. The molecule has 0 bridgehead atoms. The Kier molecular flexibility index (Phi) is 6.22. The van der Waals surface area contributed by atoms with Crippen molar-refractivity contribution in [2.24, 2.45) is 0 Å². The largest absolute Gasteiger partial charge is 0.491 e. The van der Waals surface area contributed by atoms with Crippen LogP contribution in [0, 0.1) is 11.3 Å². The molecular formula is C12H14N2O3. The molecule has 0 saturated carbocycles. The number of benzene rings is 1. The molecule has 5 nitrogen and oxygen atoms in total. The molecule has 0 spiro atoms. The van der Waals surface area contributed by atoms with Crippen LogP contribution in [0.2, 0.25) is 0 Å². The first-order chi connectivity index (χ1) is 8.33. The quantitative estimate of drug-likeness (QED) is 0.557. The summed E-state index contributed by atoms with van der Waals surface area (Å²) in [4.78, 5) is 11.0. The van der Waals surface area contributed by atoms with E-state index in [4.69, 9.17) is 14.7 Å². The molecule has 0 aliphatic heterocycles. The summed E-state index contributed by atoms with van der Waals surface area (Å²) in [5, 5.41) is 10.6. The van der Waals surface area contributed by atoms with E-state index in [0.717, 1.165) is 5.75 Å². The van der Waals surface area contributed by atoms with Crippen molar-refractivity contribution >= 4 is 5.91 Å².